The lowest BCUT2D eigenvalue weighted by atomic mass is 10.3. The zero-order valence-electron chi connectivity index (χ0n) is 6.92. The van der Waals surface area contributed by atoms with Crippen LogP contribution in [0.2, 0.25) is 0 Å². The highest BCUT2D eigenvalue weighted by molar-refractivity contribution is 8.00. The van der Waals surface area contributed by atoms with Gasteiger partial charge in [0.1, 0.15) is 0 Å². The Morgan fingerprint density at radius 3 is 2.30 bits per heavy atom. The summed E-state index contributed by atoms with van der Waals surface area (Å²) >= 11 is 6.02. The van der Waals surface area contributed by atoms with E-state index >= 15 is 0 Å². The van der Waals surface area contributed by atoms with Gasteiger partial charge in [0.2, 0.25) is 0 Å². The average Bonchev–Trinajstić information content (AvgIpc) is 1.78. The van der Waals surface area contributed by atoms with Crippen molar-refractivity contribution in [1.82, 2.24) is 0 Å². The van der Waals surface area contributed by atoms with Crippen LogP contribution in [0.4, 0.5) is 0 Å². The molecule has 0 aromatic carbocycles. The Morgan fingerprint density at radius 1 is 1.30 bits per heavy atom. The van der Waals surface area contributed by atoms with Gasteiger partial charge in [-0.2, -0.15) is 24.4 Å². The van der Waals surface area contributed by atoms with Crippen LogP contribution in [0.25, 0.3) is 0 Å². The van der Waals surface area contributed by atoms with Crippen LogP contribution in [0.3, 0.4) is 0 Å². The van der Waals surface area contributed by atoms with E-state index in [0.717, 1.165) is 11.5 Å². The molecule has 0 aliphatic carbocycles. The van der Waals surface area contributed by atoms with E-state index in [9.17, 15) is 0 Å². The third-order valence-corrected chi connectivity index (χ3v) is 2.32. The molecular formula is C8H16S2. The van der Waals surface area contributed by atoms with E-state index in [1.165, 1.54) is 0 Å². The van der Waals surface area contributed by atoms with Gasteiger partial charge in [-0.05, 0) is 0 Å². The van der Waals surface area contributed by atoms with Crippen molar-refractivity contribution in [3.8, 4) is 0 Å². The monoisotopic (exact) mass is 176 g/mol. The highest BCUT2D eigenvalue weighted by atomic mass is 32.2. The molecule has 0 rings (SSSR count). The second-order valence-corrected chi connectivity index (χ2v) is 5.29. The molecule has 0 fully saturated rings. The van der Waals surface area contributed by atoms with Crippen molar-refractivity contribution in [2.75, 3.05) is 11.5 Å². The van der Waals surface area contributed by atoms with Gasteiger partial charge in [0.25, 0.3) is 0 Å². The summed E-state index contributed by atoms with van der Waals surface area (Å²) in [5, 5.41) is 0. The Kier molecular flexibility index (Phi) is 5.36. The molecule has 0 unspecified atom stereocenters. The fraction of sp³-hybridized carbons (Fsp3) is 0.750. The molecule has 0 bridgehead atoms. The fourth-order valence-corrected chi connectivity index (χ4v) is 1.32. The highest BCUT2D eigenvalue weighted by Crippen LogP contribution is 2.22. The quantitative estimate of drug-likeness (QED) is 0.509. The SMILES string of the molecule is CC(C)(C)SC/C=C/CS. The third-order valence-electron chi connectivity index (χ3n) is 0.885. The van der Waals surface area contributed by atoms with Gasteiger partial charge in [0.05, 0.1) is 0 Å². The molecule has 0 nitrogen and oxygen atoms in total. The summed E-state index contributed by atoms with van der Waals surface area (Å²) in [5.74, 6) is 1.95. The number of thioether (sulfide) groups is 1. The lowest BCUT2D eigenvalue weighted by molar-refractivity contribution is 0.804. The molecule has 0 aliphatic heterocycles. The molecule has 2 heteroatoms. The molecule has 10 heavy (non-hydrogen) atoms. The molecule has 0 atom stereocenters. The van der Waals surface area contributed by atoms with Gasteiger partial charge in [0, 0.05) is 16.3 Å². The van der Waals surface area contributed by atoms with Crippen LogP contribution in [0.15, 0.2) is 12.2 Å². The zero-order valence-corrected chi connectivity index (χ0v) is 8.64. The fourth-order valence-electron chi connectivity index (χ4n) is 0.441. The summed E-state index contributed by atoms with van der Waals surface area (Å²) in [6, 6.07) is 0. The second-order valence-electron chi connectivity index (χ2n) is 3.08. The van der Waals surface area contributed by atoms with Crippen molar-refractivity contribution >= 4 is 24.4 Å². The molecule has 0 aromatic rings. The lowest BCUT2D eigenvalue weighted by Gasteiger charge is -2.15. The van der Waals surface area contributed by atoms with Crippen molar-refractivity contribution in [1.29, 1.82) is 0 Å². The van der Waals surface area contributed by atoms with E-state index in [1.807, 2.05) is 11.8 Å². The van der Waals surface area contributed by atoms with Gasteiger partial charge in [0.15, 0.2) is 0 Å². The van der Waals surface area contributed by atoms with E-state index in [0.29, 0.717) is 4.75 Å². The third kappa shape index (κ3) is 8.44. The van der Waals surface area contributed by atoms with Crippen LogP contribution in [0.5, 0.6) is 0 Å². The van der Waals surface area contributed by atoms with E-state index in [-0.39, 0.29) is 0 Å². The summed E-state index contributed by atoms with van der Waals surface area (Å²) < 4.78 is 0.390. The Hall–Kier alpha value is 0.440. The van der Waals surface area contributed by atoms with Crippen LogP contribution >= 0.6 is 24.4 Å². The average molecular weight is 176 g/mol. The number of hydrogen-bond donors (Lipinski definition) is 1. The molecule has 60 valence electrons. The van der Waals surface area contributed by atoms with Crippen molar-refractivity contribution in [3.63, 3.8) is 0 Å². The maximum atomic E-state index is 4.07. The molecule has 0 N–H and O–H groups in total. The molecule has 0 saturated heterocycles. The molecule has 0 aliphatic rings. The first-order valence-electron chi connectivity index (χ1n) is 3.46. The lowest BCUT2D eigenvalue weighted by Crippen LogP contribution is -2.07. The number of rotatable bonds is 3. The van der Waals surface area contributed by atoms with Gasteiger partial charge < -0.3 is 0 Å². The predicted octanol–water partition coefficient (Wildman–Crippen LogP) is 3.00. The van der Waals surface area contributed by atoms with Gasteiger partial charge >= 0.3 is 0 Å². The topological polar surface area (TPSA) is 0 Å². The van der Waals surface area contributed by atoms with E-state index in [2.05, 4.69) is 45.6 Å². The largest absolute Gasteiger partial charge is 0.175 e. The molecule has 0 radical (unpaired) electrons. The minimum absolute atomic E-state index is 0.390. The Morgan fingerprint density at radius 2 is 1.90 bits per heavy atom. The van der Waals surface area contributed by atoms with Crippen LogP contribution in [0.1, 0.15) is 20.8 Å². The molecule has 0 spiro atoms. The van der Waals surface area contributed by atoms with Gasteiger partial charge in [-0.1, -0.05) is 32.9 Å². The zero-order chi connectivity index (χ0) is 8.04. The molecule has 0 heterocycles. The van der Waals surface area contributed by atoms with Crippen molar-refractivity contribution in [3.05, 3.63) is 12.2 Å². The van der Waals surface area contributed by atoms with Crippen LogP contribution in [0, 0.1) is 0 Å². The smallest absolute Gasteiger partial charge is 0.0118 e. The standard InChI is InChI=1S/C8H16S2/c1-8(2,3)10-7-5-4-6-9/h4-5,9H,6-7H2,1-3H3/b5-4+. The summed E-state index contributed by atoms with van der Waals surface area (Å²) in [6.07, 6.45) is 4.25. The number of hydrogen-bond acceptors (Lipinski definition) is 2. The summed E-state index contributed by atoms with van der Waals surface area (Å²) in [5.41, 5.74) is 0. The predicted molar refractivity (Wildman–Crippen MR) is 55.2 cm³/mol. The minimum atomic E-state index is 0.390. The van der Waals surface area contributed by atoms with Gasteiger partial charge in [-0.15, -0.1) is 0 Å². The molecule has 0 saturated carbocycles. The first-order valence-corrected chi connectivity index (χ1v) is 5.08. The van der Waals surface area contributed by atoms with E-state index < -0.39 is 0 Å². The molecule has 0 aromatic heterocycles. The van der Waals surface area contributed by atoms with E-state index in [4.69, 9.17) is 0 Å². The van der Waals surface area contributed by atoms with Crippen molar-refractivity contribution < 1.29 is 0 Å². The maximum absolute atomic E-state index is 4.07. The van der Waals surface area contributed by atoms with E-state index in [1.54, 1.807) is 0 Å². The Balaban J connectivity index is 3.28. The normalized spacial score (nSPS) is 12.8. The maximum Gasteiger partial charge on any atom is 0.0118 e. The van der Waals surface area contributed by atoms with Crippen LogP contribution in [-0.2, 0) is 0 Å². The van der Waals surface area contributed by atoms with Crippen molar-refractivity contribution in [2.45, 2.75) is 25.5 Å². The molecular weight excluding hydrogens is 160 g/mol. The van der Waals surface area contributed by atoms with Gasteiger partial charge in [-0.25, -0.2) is 0 Å². The highest BCUT2D eigenvalue weighted by Gasteiger charge is 2.07. The second kappa shape index (κ2) is 5.14. The number of thiol groups is 1. The Labute approximate surface area is 73.9 Å². The Bertz CT molecular complexity index is 100. The van der Waals surface area contributed by atoms with Crippen LogP contribution < -0.4 is 0 Å². The first-order chi connectivity index (χ1) is 4.56. The summed E-state index contributed by atoms with van der Waals surface area (Å²) in [4.78, 5) is 0. The minimum Gasteiger partial charge on any atom is -0.175 e. The molecule has 0 amide bonds. The first kappa shape index (κ1) is 10.4. The van der Waals surface area contributed by atoms with Crippen molar-refractivity contribution in [2.24, 2.45) is 0 Å². The van der Waals surface area contributed by atoms with Crippen LogP contribution in [-0.4, -0.2) is 16.3 Å². The summed E-state index contributed by atoms with van der Waals surface area (Å²) in [7, 11) is 0. The van der Waals surface area contributed by atoms with Gasteiger partial charge in [-0.3, -0.25) is 0 Å². The summed E-state index contributed by atoms with van der Waals surface area (Å²) in [6.45, 7) is 6.69.